The number of rotatable bonds is 4. The summed E-state index contributed by atoms with van der Waals surface area (Å²) in [5, 5.41) is 12.2. The van der Waals surface area contributed by atoms with Crippen LogP contribution < -0.4 is 4.90 Å². The molecule has 1 saturated heterocycles. The van der Waals surface area contributed by atoms with Crippen molar-refractivity contribution in [3.8, 4) is 0 Å². The molecule has 0 spiro atoms. The van der Waals surface area contributed by atoms with E-state index in [0.717, 1.165) is 30.4 Å². The summed E-state index contributed by atoms with van der Waals surface area (Å²) in [6.45, 7) is 4.10. The van der Waals surface area contributed by atoms with Gasteiger partial charge in [0.25, 0.3) is 0 Å². The molecule has 1 aromatic heterocycles. The van der Waals surface area contributed by atoms with E-state index < -0.39 is 0 Å². The second-order valence-electron chi connectivity index (χ2n) is 4.26. The number of hydrogen-bond acceptors (Lipinski definition) is 6. The molecule has 0 bridgehead atoms. The van der Waals surface area contributed by atoms with Crippen molar-refractivity contribution < 1.29 is 4.92 Å². The Kier molecular flexibility index (Phi) is 4.82. The molecule has 100 valence electrons. The summed E-state index contributed by atoms with van der Waals surface area (Å²) in [7, 11) is 0. The molecule has 18 heavy (non-hydrogen) atoms. The molecule has 0 amide bonds. The maximum Gasteiger partial charge on any atom is 0.345 e. The van der Waals surface area contributed by atoms with E-state index in [4.69, 9.17) is 0 Å². The van der Waals surface area contributed by atoms with E-state index in [9.17, 15) is 10.1 Å². The molecule has 2 heterocycles. The van der Waals surface area contributed by atoms with Crippen LogP contribution in [0.1, 0.15) is 26.2 Å². The van der Waals surface area contributed by atoms with Gasteiger partial charge < -0.3 is 4.90 Å². The van der Waals surface area contributed by atoms with Gasteiger partial charge in [0.15, 0.2) is 5.13 Å². The van der Waals surface area contributed by atoms with Crippen molar-refractivity contribution in [1.82, 2.24) is 4.98 Å². The van der Waals surface area contributed by atoms with Gasteiger partial charge in [-0.05, 0) is 29.9 Å². The number of nitro groups is 1. The molecule has 0 radical (unpaired) electrons. The first-order valence-corrected chi connectivity index (χ1v) is 8.04. The minimum Gasteiger partial charge on any atom is -0.347 e. The predicted octanol–water partition coefficient (Wildman–Crippen LogP) is 3.16. The molecule has 0 saturated carbocycles. The van der Waals surface area contributed by atoms with Crippen molar-refractivity contribution in [3.05, 3.63) is 16.3 Å². The number of aromatic nitrogens is 1. The van der Waals surface area contributed by atoms with Gasteiger partial charge in [0.05, 0.1) is 4.92 Å². The summed E-state index contributed by atoms with van der Waals surface area (Å²) in [6.07, 6.45) is 4.99. The summed E-state index contributed by atoms with van der Waals surface area (Å²) in [5.74, 6) is 1.12. The van der Waals surface area contributed by atoms with Crippen molar-refractivity contribution in [2.75, 3.05) is 23.7 Å². The molecule has 0 aromatic carbocycles. The molecule has 1 fully saturated rings. The standard InChI is InChI=1S/C11H17N3O2S2/c1-2-17-9-5-3-4-6-13(8-9)11-12-7-10(18-11)14(15)16/h7,9H,2-6,8H2,1H3. The van der Waals surface area contributed by atoms with E-state index >= 15 is 0 Å². The molecule has 2 rings (SSSR count). The lowest BCUT2D eigenvalue weighted by atomic mass is 10.2. The highest BCUT2D eigenvalue weighted by molar-refractivity contribution is 7.99. The van der Waals surface area contributed by atoms with Crippen LogP contribution in [0.15, 0.2) is 6.20 Å². The minimum atomic E-state index is -0.364. The SMILES string of the molecule is CCSC1CCCCN(c2ncc([N+](=O)[O-])s2)C1. The fourth-order valence-electron chi connectivity index (χ4n) is 2.14. The Balaban J connectivity index is 2.07. The van der Waals surface area contributed by atoms with Crippen LogP contribution in [0.2, 0.25) is 0 Å². The van der Waals surface area contributed by atoms with Crippen molar-refractivity contribution in [2.45, 2.75) is 31.4 Å². The van der Waals surface area contributed by atoms with Gasteiger partial charge in [0, 0.05) is 18.3 Å². The maximum absolute atomic E-state index is 10.7. The first-order valence-electron chi connectivity index (χ1n) is 6.17. The van der Waals surface area contributed by atoms with E-state index in [1.165, 1.54) is 30.4 Å². The Labute approximate surface area is 115 Å². The van der Waals surface area contributed by atoms with Crippen molar-refractivity contribution >= 4 is 33.2 Å². The maximum atomic E-state index is 10.7. The van der Waals surface area contributed by atoms with Crippen molar-refractivity contribution in [3.63, 3.8) is 0 Å². The molecule has 7 heteroatoms. The Bertz CT molecular complexity index is 411. The third-order valence-electron chi connectivity index (χ3n) is 2.96. The lowest BCUT2D eigenvalue weighted by Gasteiger charge is -2.22. The topological polar surface area (TPSA) is 59.3 Å². The quantitative estimate of drug-likeness (QED) is 0.629. The van der Waals surface area contributed by atoms with Crippen LogP contribution in [0.3, 0.4) is 0 Å². The largest absolute Gasteiger partial charge is 0.347 e. The molecule has 1 aliphatic heterocycles. The third-order valence-corrected chi connectivity index (χ3v) is 5.16. The number of thioether (sulfide) groups is 1. The van der Waals surface area contributed by atoms with Crippen molar-refractivity contribution in [1.29, 1.82) is 0 Å². The fourth-order valence-corrected chi connectivity index (χ4v) is 3.99. The van der Waals surface area contributed by atoms with Crippen LogP contribution in [-0.2, 0) is 0 Å². The summed E-state index contributed by atoms with van der Waals surface area (Å²) in [5.41, 5.74) is 0. The summed E-state index contributed by atoms with van der Waals surface area (Å²) < 4.78 is 0. The summed E-state index contributed by atoms with van der Waals surface area (Å²) in [6, 6.07) is 0. The highest BCUT2D eigenvalue weighted by atomic mass is 32.2. The van der Waals surface area contributed by atoms with Crippen LogP contribution in [0, 0.1) is 10.1 Å². The Morgan fingerprint density at radius 1 is 1.67 bits per heavy atom. The number of thiazole rings is 1. The first kappa shape index (κ1) is 13.6. The molecule has 5 nitrogen and oxygen atoms in total. The first-order chi connectivity index (χ1) is 8.70. The van der Waals surface area contributed by atoms with Gasteiger partial charge in [-0.15, -0.1) is 0 Å². The van der Waals surface area contributed by atoms with E-state index in [2.05, 4.69) is 16.8 Å². The molecule has 0 N–H and O–H groups in total. The molecule has 1 atom stereocenters. The highest BCUT2D eigenvalue weighted by Gasteiger charge is 2.22. The van der Waals surface area contributed by atoms with Gasteiger partial charge in [0.2, 0.25) is 0 Å². The van der Waals surface area contributed by atoms with E-state index in [0.29, 0.717) is 5.25 Å². The van der Waals surface area contributed by atoms with Crippen molar-refractivity contribution in [2.24, 2.45) is 0 Å². The van der Waals surface area contributed by atoms with Gasteiger partial charge >= 0.3 is 5.00 Å². The summed E-state index contributed by atoms with van der Waals surface area (Å²) in [4.78, 5) is 16.7. The van der Waals surface area contributed by atoms with Gasteiger partial charge in [0.1, 0.15) is 6.20 Å². The average Bonchev–Trinajstić information content (AvgIpc) is 2.72. The molecule has 0 aliphatic carbocycles. The molecule has 1 unspecified atom stereocenters. The number of hydrogen-bond donors (Lipinski definition) is 0. The number of nitrogens with zero attached hydrogens (tertiary/aromatic N) is 3. The highest BCUT2D eigenvalue weighted by Crippen LogP contribution is 2.31. The molecular weight excluding hydrogens is 270 g/mol. The van der Waals surface area contributed by atoms with Crippen LogP contribution in [0.25, 0.3) is 0 Å². The van der Waals surface area contributed by atoms with Gasteiger partial charge in [-0.3, -0.25) is 10.1 Å². The van der Waals surface area contributed by atoms with Gasteiger partial charge in [-0.1, -0.05) is 13.3 Å². The zero-order valence-electron chi connectivity index (χ0n) is 10.4. The zero-order valence-corrected chi connectivity index (χ0v) is 12.0. The van der Waals surface area contributed by atoms with Crippen LogP contribution in [0.5, 0.6) is 0 Å². The average molecular weight is 287 g/mol. The Morgan fingerprint density at radius 2 is 2.50 bits per heavy atom. The Morgan fingerprint density at radius 3 is 3.17 bits per heavy atom. The second kappa shape index (κ2) is 6.38. The van der Waals surface area contributed by atoms with E-state index in [-0.39, 0.29) is 9.92 Å². The van der Waals surface area contributed by atoms with Gasteiger partial charge in [-0.2, -0.15) is 11.8 Å². The molecule has 1 aromatic rings. The second-order valence-corrected chi connectivity index (χ2v) is 6.82. The minimum absolute atomic E-state index is 0.133. The normalized spacial score (nSPS) is 20.7. The molecular formula is C11H17N3O2S2. The predicted molar refractivity (Wildman–Crippen MR) is 76.8 cm³/mol. The third kappa shape index (κ3) is 3.35. The number of anilines is 1. The lowest BCUT2D eigenvalue weighted by Crippen LogP contribution is -2.29. The Hall–Kier alpha value is -0.820. The van der Waals surface area contributed by atoms with Crippen LogP contribution in [-0.4, -0.2) is 34.0 Å². The van der Waals surface area contributed by atoms with Crippen LogP contribution in [0.4, 0.5) is 10.1 Å². The monoisotopic (exact) mass is 287 g/mol. The molecule has 1 aliphatic rings. The van der Waals surface area contributed by atoms with Gasteiger partial charge in [-0.25, -0.2) is 4.98 Å². The van der Waals surface area contributed by atoms with Crippen LogP contribution >= 0.6 is 23.1 Å². The zero-order chi connectivity index (χ0) is 13.0. The summed E-state index contributed by atoms with van der Waals surface area (Å²) >= 11 is 3.16. The smallest absolute Gasteiger partial charge is 0.345 e. The fraction of sp³-hybridized carbons (Fsp3) is 0.727. The van der Waals surface area contributed by atoms with E-state index in [1.807, 2.05) is 11.8 Å². The van der Waals surface area contributed by atoms with E-state index in [1.54, 1.807) is 0 Å². The lowest BCUT2D eigenvalue weighted by molar-refractivity contribution is -0.380.